The maximum atomic E-state index is 12.7. The van der Waals surface area contributed by atoms with Crippen LogP contribution in [0.2, 0.25) is 5.02 Å². The Morgan fingerprint density at radius 1 is 0.839 bits per heavy atom. The number of carbonyl (C=O) groups is 1. The number of nitrogens with zero attached hydrogens (tertiary/aromatic N) is 2. The van der Waals surface area contributed by atoms with E-state index in [0.717, 1.165) is 5.56 Å². The maximum Gasteiger partial charge on any atom is 0.251 e. The van der Waals surface area contributed by atoms with Crippen LogP contribution in [0.3, 0.4) is 0 Å². The standard InChI is InChI=1S/C24H16ClN3O3/c25-17-6-2-1-5-16(17)14-26-24(29)15-9-10-18-19(13-15)28-23(21-8-4-12-31-21)22(27-18)20-7-3-11-30-20/h1-13H,14H2,(H,26,29). The van der Waals surface area contributed by atoms with Crippen molar-refractivity contribution in [3.8, 4) is 22.9 Å². The average Bonchev–Trinajstić information content (AvgIpc) is 3.51. The van der Waals surface area contributed by atoms with Crippen LogP contribution in [0.25, 0.3) is 33.9 Å². The van der Waals surface area contributed by atoms with E-state index in [1.807, 2.05) is 30.3 Å². The number of hydrogen-bond acceptors (Lipinski definition) is 5. The van der Waals surface area contributed by atoms with Gasteiger partial charge in [0.25, 0.3) is 5.91 Å². The summed E-state index contributed by atoms with van der Waals surface area (Å²) in [5.74, 6) is 0.926. The second kappa shape index (κ2) is 8.08. The molecule has 0 aliphatic carbocycles. The minimum atomic E-state index is -0.224. The average molecular weight is 430 g/mol. The van der Waals surface area contributed by atoms with Crippen LogP contribution in [0, 0.1) is 0 Å². The van der Waals surface area contributed by atoms with E-state index >= 15 is 0 Å². The van der Waals surface area contributed by atoms with Gasteiger partial charge < -0.3 is 14.2 Å². The zero-order chi connectivity index (χ0) is 21.2. The Bertz CT molecular complexity index is 1360. The number of aromatic nitrogens is 2. The van der Waals surface area contributed by atoms with Crippen molar-refractivity contribution in [2.24, 2.45) is 0 Å². The minimum Gasteiger partial charge on any atom is -0.463 e. The molecule has 152 valence electrons. The van der Waals surface area contributed by atoms with Gasteiger partial charge in [-0.05, 0) is 54.1 Å². The molecule has 3 heterocycles. The first-order chi connectivity index (χ1) is 15.2. The summed E-state index contributed by atoms with van der Waals surface area (Å²) in [6.07, 6.45) is 3.16. The van der Waals surface area contributed by atoms with Crippen molar-refractivity contribution in [3.05, 3.63) is 95.4 Å². The summed E-state index contributed by atoms with van der Waals surface area (Å²) in [7, 11) is 0. The summed E-state index contributed by atoms with van der Waals surface area (Å²) >= 11 is 6.17. The van der Waals surface area contributed by atoms with Crippen molar-refractivity contribution in [3.63, 3.8) is 0 Å². The van der Waals surface area contributed by atoms with Crippen molar-refractivity contribution >= 4 is 28.5 Å². The van der Waals surface area contributed by atoms with E-state index < -0.39 is 0 Å². The Kier molecular flexibility index (Phi) is 4.98. The van der Waals surface area contributed by atoms with Gasteiger partial charge in [-0.1, -0.05) is 29.8 Å². The lowest BCUT2D eigenvalue weighted by molar-refractivity contribution is 0.0951. The Hall–Kier alpha value is -3.90. The predicted molar refractivity (Wildman–Crippen MR) is 118 cm³/mol. The fourth-order valence-corrected chi connectivity index (χ4v) is 3.49. The normalized spacial score (nSPS) is 11.0. The summed E-state index contributed by atoms with van der Waals surface area (Å²) in [5.41, 5.74) is 3.66. The van der Waals surface area contributed by atoms with Crippen LogP contribution in [0.1, 0.15) is 15.9 Å². The lowest BCUT2D eigenvalue weighted by atomic mass is 10.1. The fraction of sp³-hybridized carbons (Fsp3) is 0.0417. The van der Waals surface area contributed by atoms with Crippen molar-refractivity contribution < 1.29 is 13.6 Å². The first-order valence-corrected chi connectivity index (χ1v) is 9.98. The molecule has 1 amide bonds. The number of furan rings is 2. The lowest BCUT2D eigenvalue weighted by Crippen LogP contribution is -2.22. The van der Waals surface area contributed by atoms with E-state index in [1.54, 1.807) is 48.9 Å². The van der Waals surface area contributed by atoms with Gasteiger partial charge in [0, 0.05) is 17.1 Å². The molecule has 5 aromatic rings. The van der Waals surface area contributed by atoms with E-state index in [-0.39, 0.29) is 5.91 Å². The smallest absolute Gasteiger partial charge is 0.251 e. The summed E-state index contributed by atoms with van der Waals surface area (Å²) in [4.78, 5) is 22.1. The molecule has 0 atom stereocenters. The Morgan fingerprint density at radius 2 is 1.52 bits per heavy atom. The number of amides is 1. The molecule has 0 fully saturated rings. The zero-order valence-corrected chi connectivity index (χ0v) is 17.0. The summed E-state index contributed by atoms with van der Waals surface area (Å²) in [6.45, 7) is 0.331. The SMILES string of the molecule is O=C(NCc1ccccc1Cl)c1ccc2nc(-c3ccco3)c(-c3ccco3)nc2c1. The Balaban J connectivity index is 1.50. The maximum absolute atomic E-state index is 12.7. The molecule has 2 aromatic carbocycles. The molecule has 0 aliphatic rings. The van der Waals surface area contributed by atoms with E-state index in [1.165, 1.54) is 0 Å². The van der Waals surface area contributed by atoms with Crippen LogP contribution in [-0.4, -0.2) is 15.9 Å². The number of carbonyl (C=O) groups excluding carboxylic acids is 1. The molecule has 3 aromatic heterocycles. The second-order valence-electron chi connectivity index (χ2n) is 6.85. The zero-order valence-electron chi connectivity index (χ0n) is 16.2. The van der Waals surface area contributed by atoms with Crippen molar-refractivity contribution in [2.45, 2.75) is 6.54 Å². The minimum absolute atomic E-state index is 0.224. The third-order valence-corrected chi connectivity index (χ3v) is 5.20. The molecular formula is C24H16ClN3O3. The topological polar surface area (TPSA) is 81.2 Å². The highest BCUT2D eigenvalue weighted by Crippen LogP contribution is 2.31. The fourth-order valence-electron chi connectivity index (χ4n) is 3.29. The molecule has 6 nitrogen and oxygen atoms in total. The molecule has 5 rings (SSSR count). The molecule has 0 aliphatic heterocycles. The van der Waals surface area contributed by atoms with Crippen molar-refractivity contribution in [1.29, 1.82) is 0 Å². The highest BCUT2D eigenvalue weighted by atomic mass is 35.5. The van der Waals surface area contributed by atoms with Crippen LogP contribution in [0.5, 0.6) is 0 Å². The van der Waals surface area contributed by atoms with Gasteiger partial charge in [0.05, 0.1) is 23.6 Å². The molecule has 0 bridgehead atoms. The van der Waals surface area contributed by atoms with Gasteiger partial charge in [-0.2, -0.15) is 0 Å². The number of fused-ring (bicyclic) bond motifs is 1. The highest BCUT2D eigenvalue weighted by molar-refractivity contribution is 6.31. The lowest BCUT2D eigenvalue weighted by Gasteiger charge is -2.09. The van der Waals surface area contributed by atoms with Crippen LogP contribution >= 0.6 is 11.6 Å². The largest absolute Gasteiger partial charge is 0.463 e. The van der Waals surface area contributed by atoms with E-state index in [4.69, 9.17) is 30.4 Å². The van der Waals surface area contributed by atoms with Crippen molar-refractivity contribution in [1.82, 2.24) is 15.3 Å². The van der Waals surface area contributed by atoms with Gasteiger partial charge in [0.2, 0.25) is 0 Å². The van der Waals surface area contributed by atoms with Gasteiger partial charge >= 0.3 is 0 Å². The van der Waals surface area contributed by atoms with Gasteiger partial charge in [-0.15, -0.1) is 0 Å². The van der Waals surface area contributed by atoms with Crippen LogP contribution < -0.4 is 5.32 Å². The number of halogens is 1. The van der Waals surface area contributed by atoms with Crippen molar-refractivity contribution in [2.75, 3.05) is 0 Å². The Labute approximate surface area is 182 Å². The molecule has 0 radical (unpaired) electrons. The first kappa shape index (κ1) is 19.1. The van der Waals surface area contributed by atoms with Gasteiger partial charge in [0.15, 0.2) is 11.5 Å². The number of hydrogen-bond donors (Lipinski definition) is 1. The van der Waals surface area contributed by atoms with Crippen LogP contribution in [0.15, 0.2) is 88.1 Å². The first-order valence-electron chi connectivity index (χ1n) is 9.60. The van der Waals surface area contributed by atoms with Gasteiger partial charge in [-0.25, -0.2) is 9.97 Å². The second-order valence-corrected chi connectivity index (χ2v) is 7.26. The Morgan fingerprint density at radius 3 is 2.16 bits per heavy atom. The van der Waals surface area contributed by atoms with Gasteiger partial charge in [-0.3, -0.25) is 4.79 Å². The molecular weight excluding hydrogens is 414 g/mol. The third-order valence-electron chi connectivity index (χ3n) is 4.83. The van der Waals surface area contributed by atoms with E-state index in [9.17, 15) is 4.79 Å². The molecule has 0 unspecified atom stereocenters. The van der Waals surface area contributed by atoms with Crippen LogP contribution in [-0.2, 0) is 6.54 Å². The highest BCUT2D eigenvalue weighted by Gasteiger charge is 2.18. The summed E-state index contributed by atoms with van der Waals surface area (Å²) in [6, 6.07) is 19.8. The number of benzene rings is 2. The summed E-state index contributed by atoms with van der Waals surface area (Å²) in [5, 5.41) is 3.50. The number of rotatable bonds is 5. The molecule has 0 spiro atoms. The molecule has 31 heavy (non-hydrogen) atoms. The number of nitrogens with one attached hydrogen (secondary N) is 1. The molecule has 0 saturated heterocycles. The molecule has 0 saturated carbocycles. The van der Waals surface area contributed by atoms with E-state index in [0.29, 0.717) is 51.1 Å². The monoisotopic (exact) mass is 429 g/mol. The van der Waals surface area contributed by atoms with Crippen LogP contribution in [0.4, 0.5) is 0 Å². The predicted octanol–water partition coefficient (Wildman–Crippen LogP) is 5.73. The quantitative estimate of drug-likeness (QED) is 0.385. The van der Waals surface area contributed by atoms with Gasteiger partial charge in [0.1, 0.15) is 11.4 Å². The van der Waals surface area contributed by atoms with E-state index in [2.05, 4.69) is 5.32 Å². The molecule has 7 heteroatoms. The third kappa shape index (κ3) is 3.81. The molecule has 1 N–H and O–H groups in total. The summed E-state index contributed by atoms with van der Waals surface area (Å²) < 4.78 is 11.1.